The second-order valence-electron chi connectivity index (χ2n) is 7.93. The molecule has 2 aromatic rings. The highest BCUT2D eigenvalue weighted by molar-refractivity contribution is 6.33. The third-order valence-electron chi connectivity index (χ3n) is 5.88. The topological polar surface area (TPSA) is 122 Å². The van der Waals surface area contributed by atoms with Crippen molar-refractivity contribution in [2.75, 3.05) is 32.8 Å². The third-order valence-corrected chi connectivity index (χ3v) is 6.16. The molecule has 34 heavy (non-hydrogen) atoms. The van der Waals surface area contributed by atoms with Crippen molar-refractivity contribution in [1.29, 1.82) is 0 Å². The lowest BCUT2D eigenvalue weighted by Gasteiger charge is -2.32. The van der Waals surface area contributed by atoms with Crippen LogP contribution in [-0.2, 0) is 17.8 Å². The summed E-state index contributed by atoms with van der Waals surface area (Å²) in [5.41, 5.74) is 0.872. The molecule has 1 saturated heterocycles. The Morgan fingerprint density at radius 2 is 2.15 bits per heavy atom. The van der Waals surface area contributed by atoms with Crippen LogP contribution in [0, 0.1) is 5.82 Å². The number of hydrogen-bond donors (Lipinski definition) is 3. The summed E-state index contributed by atoms with van der Waals surface area (Å²) in [6, 6.07) is 4.17. The number of methoxy groups -OCH3 is 2. The quantitative estimate of drug-likeness (QED) is 0.502. The van der Waals surface area contributed by atoms with Crippen molar-refractivity contribution in [3.05, 3.63) is 45.9 Å². The van der Waals surface area contributed by atoms with Crippen molar-refractivity contribution in [3.8, 4) is 11.5 Å². The molecule has 1 fully saturated rings. The molecule has 2 atom stereocenters. The average molecular weight is 495 g/mol. The predicted molar refractivity (Wildman–Crippen MR) is 120 cm³/mol. The lowest BCUT2D eigenvalue weighted by molar-refractivity contribution is 0.0625. The van der Waals surface area contributed by atoms with Gasteiger partial charge in [-0.2, -0.15) is 0 Å². The molecule has 1 aromatic carbocycles. The second-order valence-corrected chi connectivity index (χ2v) is 8.29. The molecule has 0 bridgehead atoms. The number of rotatable bonds is 7. The Kier molecular flexibility index (Phi) is 6.94. The van der Waals surface area contributed by atoms with Gasteiger partial charge in [-0.25, -0.2) is 14.2 Å². The number of carbonyl (C=O) groups excluding carboxylic acids is 1. The first-order valence-electron chi connectivity index (χ1n) is 10.5. The molecule has 2 amide bonds. The molecule has 2 aliphatic heterocycles. The second kappa shape index (κ2) is 9.90. The first kappa shape index (κ1) is 23.8. The minimum absolute atomic E-state index is 0.00329. The van der Waals surface area contributed by atoms with Gasteiger partial charge in [-0.1, -0.05) is 11.6 Å². The summed E-state index contributed by atoms with van der Waals surface area (Å²) in [4.78, 5) is 29.6. The maximum atomic E-state index is 15.5. The van der Waals surface area contributed by atoms with Crippen molar-refractivity contribution < 1.29 is 33.3 Å². The predicted octanol–water partition coefficient (Wildman–Crippen LogP) is 2.88. The van der Waals surface area contributed by atoms with E-state index in [1.165, 1.54) is 12.0 Å². The number of ether oxygens (including phenoxy) is 3. The molecule has 3 heterocycles. The molecule has 1 aromatic heterocycles. The Bertz CT molecular complexity index is 1120. The van der Waals surface area contributed by atoms with Gasteiger partial charge in [0.1, 0.15) is 16.7 Å². The van der Waals surface area contributed by atoms with E-state index >= 15 is 4.39 Å². The molecule has 2 aliphatic rings. The van der Waals surface area contributed by atoms with Gasteiger partial charge in [0.25, 0.3) is 5.91 Å². The zero-order valence-corrected chi connectivity index (χ0v) is 19.3. The van der Waals surface area contributed by atoms with Gasteiger partial charge in [0.15, 0.2) is 11.6 Å². The number of benzene rings is 1. The lowest BCUT2D eigenvalue weighted by atomic mass is 10.0. The van der Waals surface area contributed by atoms with Crippen LogP contribution in [0.3, 0.4) is 0 Å². The normalized spacial score (nSPS) is 19.5. The molecule has 0 spiro atoms. The fourth-order valence-corrected chi connectivity index (χ4v) is 4.44. The van der Waals surface area contributed by atoms with E-state index in [1.54, 1.807) is 25.3 Å². The van der Waals surface area contributed by atoms with Crippen molar-refractivity contribution in [3.63, 3.8) is 0 Å². The Hall–Kier alpha value is -3.31. The van der Waals surface area contributed by atoms with E-state index in [0.717, 1.165) is 5.56 Å². The van der Waals surface area contributed by atoms with Crippen LogP contribution < -0.4 is 20.1 Å². The van der Waals surface area contributed by atoms with Crippen molar-refractivity contribution in [1.82, 2.24) is 15.2 Å². The van der Waals surface area contributed by atoms with E-state index < -0.39 is 29.9 Å². The molecule has 0 radical (unpaired) electrons. The molecular formula is C22H24ClFN4O6. The van der Waals surface area contributed by atoms with Gasteiger partial charge >= 0.3 is 6.09 Å². The van der Waals surface area contributed by atoms with Crippen LogP contribution in [0.2, 0.25) is 5.15 Å². The first-order valence-corrected chi connectivity index (χ1v) is 10.9. The summed E-state index contributed by atoms with van der Waals surface area (Å²) in [6.07, 6.45) is -0.777. The van der Waals surface area contributed by atoms with Gasteiger partial charge < -0.3 is 34.9 Å². The third kappa shape index (κ3) is 4.66. The highest BCUT2D eigenvalue weighted by Gasteiger charge is 2.36. The number of halogens is 2. The van der Waals surface area contributed by atoms with E-state index in [0.29, 0.717) is 24.5 Å². The smallest absolute Gasteiger partial charge is 0.405 e. The molecule has 0 saturated carbocycles. The van der Waals surface area contributed by atoms with Gasteiger partial charge in [0.2, 0.25) is 0 Å². The monoisotopic (exact) mass is 494 g/mol. The van der Waals surface area contributed by atoms with Crippen molar-refractivity contribution >= 4 is 29.4 Å². The molecule has 4 rings (SSSR count). The fraction of sp³-hybridized carbons (Fsp3) is 0.409. The minimum Gasteiger partial charge on any atom is -0.497 e. The number of nitrogens with zero attached hydrogens (tertiary/aromatic N) is 2. The molecule has 3 N–H and O–H groups in total. The van der Waals surface area contributed by atoms with Crippen LogP contribution in [0.15, 0.2) is 18.2 Å². The van der Waals surface area contributed by atoms with Gasteiger partial charge in [-0.3, -0.25) is 4.79 Å². The first-order chi connectivity index (χ1) is 16.3. The summed E-state index contributed by atoms with van der Waals surface area (Å²) in [6.45, 7) is 0.687. The summed E-state index contributed by atoms with van der Waals surface area (Å²) in [5, 5.41) is 14.2. The number of carbonyl (C=O) groups is 2. The summed E-state index contributed by atoms with van der Waals surface area (Å²) in [7, 11) is 3.05. The molecular weight excluding hydrogens is 471 g/mol. The Labute approximate surface area is 199 Å². The minimum atomic E-state index is -1.21. The maximum absolute atomic E-state index is 15.5. The van der Waals surface area contributed by atoms with E-state index in [1.807, 2.05) is 0 Å². The van der Waals surface area contributed by atoms with Crippen molar-refractivity contribution in [2.24, 2.45) is 0 Å². The summed E-state index contributed by atoms with van der Waals surface area (Å²) < 4.78 is 31.4. The molecule has 0 unspecified atom stereocenters. The van der Waals surface area contributed by atoms with Crippen LogP contribution in [0.25, 0.3) is 0 Å². The van der Waals surface area contributed by atoms with Crippen LogP contribution in [-0.4, -0.2) is 66.5 Å². The zero-order chi connectivity index (χ0) is 24.4. The molecule has 0 aliphatic carbocycles. The SMILES string of the molecule is COc1ccc(CN2Cc3c(F)c(N[C@@H]4CCOC[C@@H]4NC(=O)O)nc(Cl)c3C2=O)c(OC)c1. The molecule has 10 nitrogen and oxygen atoms in total. The lowest BCUT2D eigenvalue weighted by Crippen LogP contribution is -2.52. The number of nitrogens with one attached hydrogen (secondary N) is 2. The van der Waals surface area contributed by atoms with E-state index in [9.17, 15) is 9.59 Å². The highest BCUT2D eigenvalue weighted by Crippen LogP contribution is 2.36. The number of pyridine rings is 1. The highest BCUT2D eigenvalue weighted by atomic mass is 35.5. The number of aromatic nitrogens is 1. The van der Waals surface area contributed by atoms with E-state index in [-0.39, 0.29) is 41.8 Å². The number of carboxylic acid groups (broad SMARTS) is 1. The number of anilines is 1. The standard InChI is InChI=1S/C22H24ClFN4O6/c1-32-12-4-3-11(16(7-12)33-2)8-28-9-13-17(21(28)29)19(23)27-20(18(13)24)25-14-5-6-34-10-15(14)26-22(30)31/h3-4,7,14-15,26H,5-6,8-10H2,1-2H3,(H,25,27)(H,30,31)/t14-,15+/m1/s1. The zero-order valence-electron chi connectivity index (χ0n) is 18.6. The number of hydrogen-bond acceptors (Lipinski definition) is 7. The average Bonchev–Trinajstić information content (AvgIpc) is 3.15. The van der Waals surface area contributed by atoms with E-state index in [2.05, 4.69) is 15.6 Å². The Morgan fingerprint density at radius 3 is 2.85 bits per heavy atom. The van der Waals surface area contributed by atoms with Crippen LogP contribution in [0.5, 0.6) is 11.5 Å². The molecule has 12 heteroatoms. The Morgan fingerprint density at radius 1 is 1.35 bits per heavy atom. The number of fused-ring (bicyclic) bond motifs is 1. The summed E-state index contributed by atoms with van der Waals surface area (Å²) >= 11 is 6.31. The van der Waals surface area contributed by atoms with Crippen LogP contribution >= 0.6 is 11.6 Å². The molecule has 182 valence electrons. The van der Waals surface area contributed by atoms with E-state index in [4.69, 9.17) is 30.9 Å². The van der Waals surface area contributed by atoms with Gasteiger partial charge in [-0.15, -0.1) is 0 Å². The fourth-order valence-electron chi connectivity index (χ4n) is 4.17. The van der Waals surface area contributed by atoms with Crippen LogP contribution in [0.4, 0.5) is 15.0 Å². The van der Waals surface area contributed by atoms with Gasteiger partial charge in [0, 0.05) is 30.3 Å². The maximum Gasteiger partial charge on any atom is 0.405 e. The summed E-state index contributed by atoms with van der Waals surface area (Å²) in [5.74, 6) is -0.129. The largest absolute Gasteiger partial charge is 0.497 e. The van der Waals surface area contributed by atoms with Crippen LogP contribution in [0.1, 0.15) is 27.9 Å². The number of amides is 2. The van der Waals surface area contributed by atoms with Gasteiger partial charge in [-0.05, 0) is 18.6 Å². The Balaban J connectivity index is 1.57. The van der Waals surface area contributed by atoms with Crippen molar-refractivity contribution in [2.45, 2.75) is 31.6 Å². The van der Waals surface area contributed by atoms with Gasteiger partial charge in [0.05, 0.1) is 45.0 Å².